The molecular weight excluding hydrogens is 564 g/mol. The molecule has 3 saturated heterocycles. The van der Waals surface area contributed by atoms with Crippen LogP contribution in [0.5, 0.6) is 0 Å². The van der Waals surface area contributed by atoms with Crippen LogP contribution in [0.2, 0.25) is 0 Å². The Morgan fingerprint density at radius 1 is 1.08 bits per heavy atom. The van der Waals surface area contributed by atoms with Crippen LogP contribution in [-0.4, -0.2) is 105 Å². The minimum atomic E-state index is -5.05. The molecule has 1 aromatic rings. The zero-order valence-electron chi connectivity index (χ0n) is 19.6. The Kier molecular flexibility index (Phi) is 6.95. The fraction of sp³-hybridized carbons (Fsp3) is 0.368. The second-order valence-corrected chi connectivity index (χ2v) is 11.5. The highest BCUT2D eigenvalue weighted by atomic mass is 32.2. The number of nitrogens with two attached hydrogens (primary N) is 2. The molecule has 0 radical (unpaired) electrons. The van der Waals surface area contributed by atoms with Gasteiger partial charge >= 0.3 is 24.1 Å². The lowest BCUT2D eigenvalue weighted by atomic mass is 10.0. The molecule has 0 aliphatic carbocycles. The fourth-order valence-corrected chi connectivity index (χ4v) is 6.96. The molecule has 0 bridgehead atoms. The summed E-state index contributed by atoms with van der Waals surface area (Å²) in [6.07, 6.45) is 0. The third-order valence-corrected chi connectivity index (χ3v) is 8.95. The summed E-state index contributed by atoms with van der Waals surface area (Å²) >= 11 is 0.676. The van der Waals surface area contributed by atoms with Gasteiger partial charge in [-0.2, -0.15) is 8.42 Å². The second-order valence-electron chi connectivity index (χ2n) is 8.62. The van der Waals surface area contributed by atoms with E-state index in [-0.39, 0.29) is 24.3 Å². The molecule has 210 valence electrons. The number of carboxylic acids is 1. The van der Waals surface area contributed by atoms with E-state index in [2.05, 4.69) is 16.1 Å². The number of nitrogens with one attached hydrogen (secondary N) is 3. The number of carbonyl (C=O) groups excluding carboxylic acids is 5. The molecule has 3 fully saturated rings. The van der Waals surface area contributed by atoms with Crippen LogP contribution in [-0.2, 0) is 24.5 Å². The lowest BCUT2D eigenvalue weighted by Crippen LogP contribution is -2.68. The standard InChI is InChI=1S/C19H22N8O10S2/c20-16(32)22-9-3-1-8(2-4-9)11(39(35,36)37)12(28)23-10-13(29)25-7-19(15(30)31,38-14(10)25)26-5-6-27(18(26)34)24-17(21)33/h1-4,10-11,14H,5-7H2,(H,23,28)(H,30,31)(H3,20,22,32)(H3,21,24,33)(H,35,36,37)/t10-,11?,14-,19-/m1/s1. The smallest absolute Gasteiger partial charge is 0.342 e. The number of carboxylic acid groups (broad SMARTS) is 1. The summed E-state index contributed by atoms with van der Waals surface area (Å²) < 4.78 is 33.9. The van der Waals surface area contributed by atoms with Gasteiger partial charge in [0.05, 0.1) is 13.1 Å². The van der Waals surface area contributed by atoms with Crippen molar-refractivity contribution in [3.05, 3.63) is 29.8 Å². The molecule has 18 nitrogen and oxygen atoms in total. The molecule has 0 spiro atoms. The summed E-state index contributed by atoms with van der Waals surface area (Å²) in [5.41, 5.74) is 12.1. The Morgan fingerprint density at radius 2 is 1.72 bits per heavy atom. The van der Waals surface area contributed by atoms with E-state index in [1.807, 2.05) is 0 Å². The number of hydrogen-bond donors (Lipinski definition) is 7. The number of thioether (sulfide) groups is 1. The molecule has 9 N–H and O–H groups in total. The highest BCUT2D eigenvalue weighted by molar-refractivity contribution is 8.02. The first-order chi connectivity index (χ1) is 18.2. The Bertz CT molecular complexity index is 1370. The van der Waals surface area contributed by atoms with Gasteiger partial charge in [-0.1, -0.05) is 23.9 Å². The Morgan fingerprint density at radius 3 is 2.26 bits per heavy atom. The van der Waals surface area contributed by atoms with E-state index in [4.69, 9.17) is 11.5 Å². The van der Waals surface area contributed by atoms with Crippen molar-refractivity contribution in [2.45, 2.75) is 21.5 Å². The molecule has 3 heterocycles. The quantitative estimate of drug-likeness (QED) is 0.125. The molecule has 8 amide bonds. The number of rotatable bonds is 8. The number of nitrogens with zero attached hydrogens (tertiary/aromatic N) is 3. The van der Waals surface area contributed by atoms with Crippen LogP contribution in [0.3, 0.4) is 0 Å². The van der Waals surface area contributed by atoms with Crippen molar-refractivity contribution < 1.29 is 46.8 Å². The fourth-order valence-electron chi connectivity index (χ4n) is 4.49. The van der Waals surface area contributed by atoms with Gasteiger partial charge in [0.15, 0.2) is 5.25 Å². The van der Waals surface area contributed by atoms with Gasteiger partial charge in [0.2, 0.25) is 16.7 Å². The number of primary amides is 2. The van der Waals surface area contributed by atoms with Gasteiger partial charge in [-0.05, 0) is 17.7 Å². The minimum Gasteiger partial charge on any atom is -0.479 e. The van der Waals surface area contributed by atoms with Crippen LogP contribution in [0.1, 0.15) is 10.8 Å². The molecule has 39 heavy (non-hydrogen) atoms. The van der Waals surface area contributed by atoms with Crippen molar-refractivity contribution in [1.29, 1.82) is 0 Å². The van der Waals surface area contributed by atoms with Crippen molar-refractivity contribution in [1.82, 2.24) is 25.6 Å². The predicted molar refractivity (Wildman–Crippen MR) is 131 cm³/mol. The summed E-state index contributed by atoms with van der Waals surface area (Å²) in [4.78, 5) is 73.1. The first-order valence-corrected chi connectivity index (χ1v) is 13.3. The maximum Gasteiger partial charge on any atom is 0.342 e. The zero-order valence-corrected chi connectivity index (χ0v) is 21.3. The van der Waals surface area contributed by atoms with Gasteiger partial charge in [0.1, 0.15) is 11.4 Å². The van der Waals surface area contributed by atoms with Crippen LogP contribution in [0.4, 0.5) is 20.1 Å². The van der Waals surface area contributed by atoms with E-state index in [1.54, 1.807) is 0 Å². The van der Waals surface area contributed by atoms with Gasteiger partial charge in [-0.3, -0.25) is 19.0 Å². The zero-order chi connectivity index (χ0) is 28.9. The summed E-state index contributed by atoms with van der Waals surface area (Å²) in [5.74, 6) is -3.47. The van der Waals surface area contributed by atoms with Gasteiger partial charge in [-0.15, -0.1) is 0 Å². The van der Waals surface area contributed by atoms with Crippen LogP contribution in [0, 0.1) is 0 Å². The van der Waals surface area contributed by atoms with Crippen LogP contribution < -0.4 is 27.5 Å². The highest BCUT2D eigenvalue weighted by Crippen LogP contribution is 2.49. The van der Waals surface area contributed by atoms with Crippen LogP contribution in [0.15, 0.2) is 24.3 Å². The Labute approximate surface area is 223 Å². The number of hydrogen-bond acceptors (Lipinski definition) is 9. The number of amides is 8. The number of hydrazine groups is 1. The van der Waals surface area contributed by atoms with Gasteiger partial charge in [0.25, 0.3) is 10.1 Å². The van der Waals surface area contributed by atoms with Gasteiger partial charge in [-0.25, -0.2) is 29.6 Å². The maximum atomic E-state index is 13.0. The Hall–Kier alpha value is -4.30. The van der Waals surface area contributed by atoms with Crippen molar-refractivity contribution in [2.75, 3.05) is 25.0 Å². The number of fused-ring (bicyclic) bond motifs is 1. The van der Waals surface area contributed by atoms with E-state index in [0.29, 0.717) is 11.8 Å². The molecule has 1 aromatic carbocycles. The topological polar surface area (TPSA) is 275 Å². The number of aliphatic carboxylic acids is 1. The third kappa shape index (κ3) is 4.95. The SMILES string of the molecule is NC(=O)Nc1ccc(C(C(=O)N[C@@H]2C(=O)N3C[C@@](C(=O)O)(N4CCN(NC(N)=O)C4=O)S[C@H]23)S(=O)(=O)O)cc1. The number of anilines is 1. The lowest BCUT2D eigenvalue weighted by molar-refractivity contribution is -0.151. The lowest BCUT2D eigenvalue weighted by Gasteiger charge is -2.41. The molecule has 1 unspecified atom stereocenters. The van der Waals surface area contributed by atoms with Crippen LogP contribution in [0.25, 0.3) is 0 Å². The van der Waals surface area contributed by atoms with Crippen molar-refractivity contribution >= 4 is 63.4 Å². The highest BCUT2D eigenvalue weighted by Gasteiger charge is 2.66. The maximum absolute atomic E-state index is 13.0. The largest absolute Gasteiger partial charge is 0.479 e. The summed E-state index contributed by atoms with van der Waals surface area (Å²) in [5, 5.41) is 12.2. The number of urea groups is 3. The van der Waals surface area contributed by atoms with Crippen molar-refractivity contribution in [3.63, 3.8) is 0 Å². The molecule has 0 saturated carbocycles. The molecule has 0 aromatic heterocycles. The van der Waals surface area contributed by atoms with Gasteiger partial charge in [0, 0.05) is 12.2 Å². The molecule has 20 heteroatoms. The summed E-state index contributed by atoms with van der Waals surface area (Å²) in [6, 6.07) is 0.576. The molecular formula is C19H22N8O10S2. The predicted octanol–water partition coefficient (Wildman–Crippen LogP) is -2.39. The Balaban J connectivity index is 1.53. The average molecular weight is 587 g/mol. The van der Waals surface area contributed by atoms with E-state index in [1.165, 1.54) is 12.1 Å². The molecule has 3 aliphatic rings. The van der Waals surface area contributed by atoms with E-state index in [9.17, 15) is 46.8 Å². The van der Waals surface area contributed by atoms with Crippen molar-refractivity contribution in [2.24, 2.45) is 11.5 Å². The first-order valence-electron chi connectivity index (χ1n) is 11.0. The minimum absolute atomic E-state index is 0.0834. The van der Waals surface area contributed by atoms with Crippen molar-refractivity contribution in [3.8, 4) is 0 Å². The summed E-state index contributed by atoms with van der Waals surface area (Å²) in [6.45, 7) is -0.662. The van der Waals surface area contributed by atoms with Gasteiger partial charge < -0.3 is 32.1 Å². The normalized spacial score (nSPS) is 25.0. The van der Waals surface area contributed by atoms with E-state index < -0.39 is 74.1 Å². The monoisotopic (exact) mass is 586 g/mol. The van der Waals surface area contributed by atoms with E-state index in [0.717, 1.165) is 26.9 Å². The molecule has 4 rings (SSSR count). The number of carbonyl (C=O) groups is 6. The number of β-lactam (4-membered cyclic amide) rings is 1. The molecule has 3 aliphatic heterocycles. The van der Waals surface area contributed by atoms with E-state index >= 15 is 0 Å². The summed E-state index contributed by atoms with van der Waals surface area (Å²) in [7, 11) is -5.05. The number of benzene rings is 1. The third-order valence-electron chi connectivity index (χ3n) is 6.18. The molecule has 4 atom stereocenters. The van der Waals surface area contributed by atoms with Crippen LogP contribution >= 0.6 is 11.8 Å². The first kappa shape index (κ1) is 27.7. The second kappa shape index (κ2) is 9.78. The average Bonchev–Trinajstić information content (AvgIpc) is 3.37.